The summed E-state index contributed by atoms with van der Waals surface area (Å²) in [6.07, 6.45) is 0. The van der Waals surface area contributed by atoms with Crippen molar-refractivity contribution in [3.05, 3.63) is 65.7 Å². The van der Waals surface area contributed by atoms with Crippen LogP contribution in [0.25, 0.3) is 0 Å². The highest BCUT2D eigenvalue weighted by molar-refractivity contribution is 5.94. The summed E-state index contributed by atoms with van der Waals surface area (Å²) >= 11 is 0. The van der Waals surface area contributed by atoms with Crippen LogP contribution in [-0.4, -0.2) is 37.0 Å². The number of carbonyl (C=O) groups is 1. The van der Waals surface area contributed by atoms with E-state index in [0.717, 1.165) is 6.07 Å². The monoisotopic (exact) mass is 302 g/mol. The number of amides is 1. The molecule has 5 heteroatoms. The van der Waals surface area contributed by atoms with Crippen LogP contribution < -0.4 is 4.90 Å². The molecule has 22 heavy (non-hydrogen) atoms. The van der Waals surface area contributed by atoms with Crippen molar-refractivity contribution in [2.75, 3.05) is 31.1 Å². The third-order valence-electron chi connectivity index (χ3n) is 3.84. The van der Waals surface area contributed by atoms with Gasteiger partial charge in [0.2, 0.25) is 0 Å². The zero-order valence-electron chi connectivity index (χ0n) is 12.0. The lowest BCUT2D eigenvalue weighted by molar-refractivity contribution is 0.0746. The minimum absolute atomic E-state index is 0.0140. The van der Waals surface area contributed by atoms with Gasteiger partial charge in [0.25, 0.3) is 5.91 Å². The van der Waals surface area contributed by atoms with Gasteiger partial charge in [0, 0.05) is 37.8 Å². The van der Waals surface area contributed by atoms with Gasteiger partial charge in [-0.15, -0.1) is 0 Å². The summed E-state index contributed by atoms with van der Waals surface area (Å²) in [7, 11) is 0. The number of hydrogen-bond acceptors (Lipinski definition) is 2. The fourth-order valence-corrected chi connectivity index (χ4v) is 2.65. The fourth-order valence-electron chi connectivity index (χ4n) is 2.65. The van der Waals surface area contributed by atoms with Gasteiger partial charge in [0.1, 0.15) is 11.6 Å². The molecule has 2 aromatic rings. The zero-order chi connectivity index (χ0) is 15.5. The van der Waals surface area contributed by atoms with Crippen LogP contribution in [0.5, 0.6) is 0 Å². The topological polar surface area (TPSA) is 23.6 Å². The third-order valence-corrected chi connectivity index (χ3v) is 3.84. The largest absolute Gasteiger partial charge is 0.366 e. The van der Waals surface area contributed by atoms with Crippen LogP contribution in [0.2, 0.25) is 0 Å². The van der Waals surface area contributed by atoms with Crippen molar-refractivity contribution < 1.29 is 13.6 Å². The van der Waals surface area contributed by atoms with Crippen LogP contribution in [0, 0.1) is 11.6 Å². The first-order valence-electron chi connectivity index (χ1n) is 7.19. The van der Waals surface area contributed by atoms with Crippen LogP contribution in [-0.2, 0) is 0 Å². The number of hydrogen-bond donors (Lipinski definition) is 0. The van der Waals surface area contributed by atoms with E-state index in [1.54, 1.807) is 17.0 Å². The van der Waals surface area contributed by atoms with E-state index in [9.17, 15) is 13.6 Å². The highest BCUT2D eigenvalue weighted by atomic mass is 19.1. The van der Waals surface area contributed by atoms with Crippen LogP contribution in [0.15, 0.2) is 48.5 Å². The molecule has 1 saturated heterocycles. The SMILES string of the molecule is O=C(c1ccccc1)N1CCN(c2ccc(F)cc2F)CC1. The van der Waals surface area contributed by atoms with Crippen LogP contribution in [0.3, 0.4) is 0 Å². The van der Waals surface area contributed by atoms with Crippen molar-refractivity contribution in [3.8, 4) is 0 Å². The average Bonchev–Trinajstić information content (AvgIpc) is 2.55. The van der Waals surface area contributed by atoms with E-state index >= 15 is 0 Å². The van der Waals surface area contributed by atoms with Crippen LogP contribution in [0.1, 0.15) is 10.4 Å². The van der Waals surface area contributed by atoms with Crippen molar-refractivity contribution in [2.45, 2.75) is 0 Å². The molecule has 0 aromatic heterocycles. The second kappa shape index (κ2) is 6.13. The molecule has 1 aliphatic heterocycles. The lowest BCUT2D eigenvalue weighted by Crippen LogP contribution is -2.49. The maximum atomic E-state index is 13.8. The molecular weight excluding hydrogens is 286 g/mol. The Labute approximate surface area is 127 Å². The van der Waals surface area contributed by atoms with Crippen molar-refractivity contribution in [2.24, 2.45) is 0 Å². The van der Waals surface area contributed by atoms with E-state index < -0.39 is 11.6 Å². The molecule has 114 valence electrons. The molecule has 0 N–H and O–H groups in total. The van der Waals surface area contributed by atoms with E-state index in [2.05, 4.69) is 0 Å². The molecule has 1 heterocycles. The van der Waals surface area contributed by atoms with Gasteiger partial charge in [-0.3, -0.25) is 4.79 Å². The Balaban J connectivity index is 1.66. The van der Waals surface area contributed by atoms with Gasteiger partial charge in [-0.25, -0.2) is 8.78 Å². The second-order valence-corrected chi connectivity index (χ2v) is 5.24. The number of piperazine rings is 1. The van der Waals surface area contributed by atoms with Gasteiger partial charge < -0.3 is 9.80 Å². The first kappa shape index (κ1) is 14.5. The number of carbonyl (C=O) groups excluding carboxylic acids is 1. The standard InChI is InChI=1S/C17H16F2N2O/c18-14-6-7-16(15(19)12-14)20-8-10-21(11-9-20)17(22)13-4-2-1-3-5-13/h1-7,12H,8-11H2. The fraction of sp³-hybridized carbons (Fsp3) is 0.235. The number of benzene rings is 2. The van der Waals surface area contributed by atoms with E-state index in [1.807, 2.05) is 23.1 Å². The molecule has 3 nitrogen and oxygen atoms in total. The Morgan fingerprint density at radius 1 is 0.909 bits per heavy atom. The summed E-state index contributed by atoms with van der Waals surface area (Å²) < 4.78 is 26.8. The van der Waals surface area contributed by atoms with Crippen LogP contribution >= 0.6 is 0 Å². The Morgan fingerprint density at radius 3 is 2.23 bits per heavy atom. The molecule has 0 spiro atoms. The molecule has 0 unspecified atom stereocenters. The molecule has 3 rings (SSSR count). The molecular formula is C17H16F2N2O. The summed E-state index contributed by atoms with van der Waals surface area (Å²) in [6, 6.07) is 12.7. The Hall–Kier alpha value is -2.43. The predicted molar refractivity (Wildman–Crippen MR) is 80.9 cm³/mol. The summed E-state index contributed by atoms with van der Waals surface area (Å²) in [6.45, 7) is 2.09. The quantitative estimate of drug-likeness (QED) is 0.851. The summed E-state index contributed by atoms with van der Waals surface area (Å²) in [5.74, 6) is -1.16. The lowest BCUT2D eigenvalue weighted by atomic mass is 10.1. The summed E-state index contributed by atoms with van der Waals surface area (Å²) in [5.41, 5.74) is 1.04. The first-order valence-corrected chi connectivity index (χ1v) is 7.19. The number of nitrogens with zero attached hydrogens (tertiary/aromatic N) is 2. The van der Waals surface area contributed by atoms with Gasteiger partial charge in [-0.1, -0.05) is 18.2 Å². The van der Waals surface area contributed by atoms with E-state index in [4.69, 9.17) is 0 Å². The average molecular weight is 302 g/mol. The van der Waals surface area contributed by atoms with Crippen molar-refractivity contribution >= 4 is 11.6 Å². The smallest absolute Gasteiger partial charge is 0.253 e. The molecule has 0 aliphatic carbocycles. The van der Waals surface area contributed by atoms with Crippen molar-refractivity contribution in [1.29, 1.82) is 0 Å². The Morgan fingerprint density at radius 2 is 1.59 bits per heavy atom. The number of halogens is 2. The van der Waals surface area contributed by atoms with Gasteiger partial charge in [0.15, 0.2) is 0 Å². The Kier molecular flexibility index (Phi) is 4.04. The van der Waals surface area contributed by atoms with Gasteiger partial charge in [0.05, 0.1) is 5.69 Å². The van der Waals surface area contributed by atoms with Gasteiger partial charge >= 0.3 is 0 Å². The zero-order valence-corrected chi connectivity index (χ0v) is 12.0. The minimum atomic E-state index is -0.584. The highest BCUT2D eigenvalue weighted by Crippen LogP contribution is 2.22. The van der Waals surface area contributed by atoms with Gasteiger partial charge in [-0.05, 0) is 24.3 Å². The minimum Gasteiger partial charge on any atom is -0.366 e. The number of anilines is 1. The summed E-state index contributed by atoms with van der Waals surface area (Å²) in [4.78, 5) is 15.9. The molecule has 1 fully saturated rings. The van der Waals surface area contributed by atoms with Crippen molar-refractivity contribution in [1.82, 2.24) is 4.90 Å². The highest BCUT2D eigenvalue weighted by Gasteiger charge is 2.23. The van der Waals surface area contributed by atoms with E-state index in [-0.39, 0.29) is 5.91 Å². The Bertz CT molecular complexity index is 668. The van der Waals surface area contributed by atoms with Gasteiger partial charge in [-0.2, -0.15) is 0 Å². The van der Waals surface area contributed by atoms with E-state index in [1.165, 1.54) is 12.1 Å². The third kappa shape index (κ3) is 2.93. The molecule has 0 bridgehead atoms. The molecule has 2 aromatic carbocycles. The maximum absolute atomic E-state index is 13.8. The lowest BCUT2D eigenvalue weighted by Gasteiger charge is -2.36. The molecule has 0 radical (unpaired) electrons. The molecule has 1 amide bonds. The maximum Gasteiger partial charge on any atom is 0.253 e. The molecule has 1 aliphatic rings. The van der Waals surface area contributed by atoms with E-state index in [0.29, 0.717) is 37.4 Å². The van der Waals surface area contributed by atoms with Crippen molar-refractivity contribution in [3.63, 3.8) is 0 Å². The summed E-state index contributed by atoms with van der Waals surface area (Å²) in [5, 5.41) is 0. The molecule has 0 saturated carbocycles. The number of rotatable bonds is 2. The normalized spacial score (nSPS) is 15.0. The van der Waals surface area contributed by atoms with Crippen LogP contribution in [0.4, 0.5) is 14.5 Å². The first-order chi connectivity index (χ1) is 10.6. The predicted octanol–water partition coefficient (Wildman–Crippen LogP) is 2.93. The second-order valence-electron chi connectivity index (χ2n) is 5.24. The molecule has 0 atom stereocenters.